The summed E-state index contributed by atoms with van der Waals surface area (Å²) in [6.45, 7) is 5.00. The summed E-state index contributed by atoms with van der Waals surface area (Å²) in [4.78, 5) is 18.8. The molecule has 3 rings (SSSR count). The largest absolute Gasteiger partial charge is 0.367 e. The second-order valence-corrected chi connectivity index (χ2v) is 6.14. The Kier molecular flexibility index (Phi) is 4.36. The molecule has 1 aliphatic heterocycles. The summed E-state index contributed by atoms with van der Waals surface area (Å²) in [6.07, 6.45) is 0. The molecule has 1 aliphatic rings. The number of piperazine rings is 1. The molecule has 1 aromatic carbocycles. The molecule has 5 nitrogen and oxygen atoms in total. The quantitative estimate of drug-likeness (QED) is 0.918. The van der Waals surface area contributed by atoms with Crippen molar-refractivity contribution in [3.63, 3.8) is 0 Å². The van der Waals surface area contributed by atoms with E-state index in [0.29, 0.717) is 22.5 Å². The standard InChI is InChI=1S/C18H19FN4O/c1-12-9-14(15(11-20)18(24)21-12)13-3-4-16(19)17(10-13)23-7-5-22(2)6-8-23/h3-4,9-10H,5-8H2,1-2H3,(H,21,24). The molecule has 0 amide bonds. The summed E-state index contributed by atoms with van der Waals surface area (Å²) in [5.41, 5.74) is 2.03. The van der Waals surface area contributed by atoms with Crippen LogP contribution in [0, 0.1) is 24.1 Å². The number of H-pyrrole nitrogens is 1. The summed E-state index contributed by atoms with van der Waals surface area (Å²) in [7, 11) is 2.04. The Labute approximate surface area is 139 Å². The number of anilines is 1. The highest BCUT2D eigenvalue weighted by molar-refractivity contribution is 5.74. The maximum Gasteiger partial charge on any atom is 0.266 e. The Morgan fingerprint density at radius 1 is 1.21 bits per heavy atom. The second-order valence-electron chi connectivity index (χ2n) is 6.14. The van der Waals surface area contributed by atoms with Gasteiger partial charge in [-0.2, -0.15) is 5.26 Å². The molecule has 0 aliphatic carbocycles. The molecule has 0 bridgehead atoms. The molecular weight excluding hydrogens is 307 g/mol. The summed E-state index contributed by atoms with van der Waals surface area (Å²) in [5.74, 6) is -0.289. The number of hydrogen-bond donors (Lipinski definition) is 1. The first-order valence-electron chi connectivity index (χ1n) is 7.87. The van der Waals surface area contributed by atoms with Gasteiger partial charge in [0.25, 0.3) is 5.56 Å². The number of hydrogen-bond acceptors (Lipinski definition) is 4. The fourth-order valence-electron chi connectivity index (χ4n) is 3.00. The van der Waals surface area contributed by atoms with E-state index in [1.807, 2.05) is 18.0 Å². The number of nitrogens with one attached hydrogen (secondary N) is 1. The molecule has 1 fully saturated rings. The number of halogens is 1. The van der Waals surface area contributed by atoms with Crippen LogP contribution in [0.5, 0.6) is 0 Å². The van der Waals surface area contributed by atoms with Crippen molar-refractivity contribution in [1.29, 1.82) is 5.26 Å². The number of aryl methyl sites for hydroxylation is 1. The zero-order valence-electron chi connectivity index (χ0n) is 13.8. The van der Waals surface area contributed by atoms with Gasteiger partial charge in [-0.05, 0) is 37.7 Å². The highest BCUT2D eigenvalue weighted by atomic mass is 19.1. The second kappa shape index (κ2) is 6.46. The van der Waals surface area contributed by atoms with Crippen LogP contribution < -0.4 is 10.5 Å². The van der Waals surface area contributed by atoms with Crippen LogP contribution in [0.1, 0.15) is 11.3 Å². The Bertz CT molecular complexity index is 860. The van der Waals surface area contributed by atoms with Gasteiger partial charge >= 0.3 is 0 Å². The maximum absolute atomic E-state index is 14.3. The fourth-order valence-corrected chi connectivity index (χ4v) is 3.00. The molecule has 1 aromatic heterocycles. The monoisotopic (exact) mass is 326 g/mol. The average Bonchev–Trinajstić information content (AvgIpc) is 2.55. The van der Waals surface area contributed by atoms with E-state index < -0.39 is 5.56 Å². The van der Waals surface area contributed by atoms with Crippen LogP contribution in [-0.4, -0.2) is 43.1 Å². The van der Waals surface area contributed by atoms with Gasteiger partial charge in [-0.1, -0.05) is 6.07 Å². The van der Waals surface area contributed by atoms with Crippen LogP contribution in [0.25, 0.3) is 11.1 Å². The van der Waals surface area contributed by atoms with Crippen molar-refractivity contribution in [3.05, 3.63) is 51.7 Å². The number of benzene rings is 1. The Morgan fingerprint density at radius 3 is 2.58 bits per heavy atom. The maximum atomic E-state index is 14.3. The van der Waals surface area contributed by atoms with Crippen molar-refractivity contribution in [1.82, 2.24) is 9.88 Å². The summed E-state index contributed by atoms with van der Waals surface area (Å²) >= 11 is 0. The van der Waals surface area contributed by atoms with Gasteiger partial charge in [0.15, 0.2) is 0 Å². The molecule has 0 atom stereocenters. The van der Waals surface area contributed by atoms with Crippen molar-refractivity contribution in [2.75, 3.05) is 38.1 Å². The van der Waals surface area contributed by atoms with Crippen LogP contribution in [0.15, 0.2) is 29.1 Å². The van der Waals surface area contributed by atoms with E-state index >= 15 is 0 Å². The summed E-state index contributed by atoms with van der Waals surface area (Å²) in [5, 5.41) is 9.29. The lowest BCUT2D eigenvalue weighted by Gasteiger charge is -2.34. The SMILES string of the molecule is Cc1cc(-c2ccc(F)c(N3CCN(C)CC3)c2)c(C#N)c(=O)[nH]1. The lowest BCUT2D eigenvalue weighted by Crippen LogP contribution is -2.44. The zero-order chi connectivity index (χ0) is 17.3. The third-order valence-corrected chi connectivity index (χ3v) is 4.38. The van der Waals surface area contributed by atoms with Crippen molar-refractivity contribution >= 4 is 5.69 Å². The minimum Gasteiger partial charge on any atom is -0.367 e. The van der Waals surface area contributed by atoms with E-state index in [1.165, 1.54) is 6.07 Å². The molecule has 0 unspecified atom stereocenters. The molecular formula is C18H19FN4O. The zero-order valence-corrected chi connectivity index (χ0v) is 13.8. The van der Waals surface area contributed by atoms with Crippen molar-refractivity contribution < 1.29 is 4.39 Å². The van der Waals surface area contributed by atoms with E-state index in [4.69, 9.17) is 0 Å². The smallest absolute Gasteiger partial charge is 0.266 e. The van der Waals surface area contributed by atoms with E-state index in [9.17, 15) is 14.4 Å². The molecule has 2 heterocycles. The lowest BCUT2D eigenvalue weighted by atomic mass is 10.00. The van der Waals surface area contributed by atoms with Gasteiger partial charge < -0.3 is 14.8 Å². The number of nitriles is 1. The highest BCUT2D eigenvalue weighted by Crippen LogP contribution is 2.29. The number of pyridine rings is 1. The summed E-state index contributed by atoms with van der Waals surface area (Å²) in [6, 6.07) is 8.45. The van der Waals surface area contributed by atoms with Crippen molar-refractivity contribution in [3.8, 4) is 17.2 Å². The predicted octanol–water partition coefficient (Wildman–Crippen LogP) is 2.11. The third-order valence-electron chi connectivity index (χ3n) is 4.38. The fraction of sp³-hybridized carbons (Fsp3) is 0.333. The number of aromatic nitrogens is 1. The topological polar surface area (TPSA) is 63.1 Å². The van der Waals surface area contributed by atoms with E-state index in [1.54, 1.807) is 25.1 Å². The molecule has 2 aromatic rings. The van der Waals surface area contributed by atoms with Gasteiger partial charge in [0, 0.05) is 37.4 Å². The van der Waals surface area contributed by atoms with Crippen LogP contribution in [0.3, 0.4) is 0 Å². The number of nitrogens with zero attached hydrogens (tertiary/aromatic N) is 3. The molecule has 0 spiro atoms. The molecule has 24 heavy (non-hydrogen) atoms. The van der Waals surface area contributed by atoms with Crippen LogP contribution in [0.4, 0.5) is 10.1 Å². The molecule has 0 saturated carbocycles. The van der Waals surface area contributed by atoms with Crippen molar-refractivity contribution in [2.24, 2.45) is 0 Å². The van der Waals surface area contributed by atoms with Gasteiger partial charge in [0.05, 0.1) is 5.69 Å². The first kappa shape index (κ1) is 16.2. The highest BCUT2D eigenvalue weighted by Gasteiger charge is 2.19. The van der Waals surface area contributed by atoms with Gasteiger partial charge in [-0.3, -0.25) is 4.79 Å². The predicted molar refractivity (Wildman–Crippen MR) is 91.6 cm³/mol. The molecule has 0 radical (unpaired) electrons. The van der Waals surface area contributed by atoms with E-state index in [-0.39, 0.29) is 11.4 Å². The van der Waals surface area contributed by atoms with Gasteiger partial charge in [-0.15, -0.1) is 0 Å². The molecule has 6 heteroatoms. The number of likely N-dealkylation sites (N-methyl/N-ethyl adjacent to an activating group) is 1. The normalized spacial score (nSPS) is 15.3. The Hall–Kier alpha value is -2.65. The first-order valence-corrected chi connectivity index (χ1v) is 7.87. The third kappa shape index (κ3) is 3.03. The van der Waals surface area contributed by atoms with Crippen LogP contribution in [-0.2, 0) is 0 Å². The number of aromatic amines is 1. The molecule has 1 N–H and O–H groups in total. The first-order chi connectivity index (χ1) is 11.5. The van der Waals surface area contributed by atoms with E-state index in [0.717, 1.165) is 26.2 Å². The van der Waals surface area contributed by atoms with Crippen LogP contribution >= 0.6 is 0 Å². The Balaban J connectivity index is 2.07. The Morgan fingerprint density at radius 2 is 1.92 bits per heavy atom. The van der Waals surface area contributed by atoms with Crippen LogP contribution in [0.2, 0.25) is 0 Å². The average molecular weight is 326 g/mol. The minimum absolute atomic E-state index is 0.0523. The molecule has 124 valence electrons. The summed E-state index contributed by atoms with van der Waals surface area (Å²) < 4.78 is 14.3. The minimum atomic E-state index is -0.419. The number of rotatable bonds is 2. The van der Waals surface area contributed by atoms with E-state index in [2.05, 4.69) is 9.88 Å². The van der Waals surface area contributed by atoms with Gasteiger partial charge in [0.1, 0.15) is 17.4 Å². The van der Waals surface area contributed by atoms with Gasteiger partial charge in [0.2, 0.25) is 0 Å². The van der Waals surface area contributed by atoms with Gasteiger partial charge in [-0.25, -0.2) is 4.39 Å². The lowest BCUT2D eigenvalue weighted by molar-refractivity contribution is 0.311. The molecule has 1 saturated heterocycles. The van der Waals surface area contributed by atoms with Crippen molar-refractivity contribution in [2.45, 2.75) is 6.92 Å².